The number of likely N-dealkylation sites (N-methyl/N-ethyl adjacent to an activating group) is 1. The second-order valence-electron chi connectivity index (χ2n) is 4.00. The maximum absolute atomic E-state index is 10.7. The predicted octanol–water partition coefficient (Wildman–Crippen LogP) is 0.572. The van der Waals surface area contributed by atoms with Gasteiger partial charge in [-0.05, 0) is 20.5 Å². The van der Waals surface area contributed by atoms with Crippen LogP contribution in [0.2, 0.25) is 0 Å². The SMILES string of the molecule is CN(C)C1CCn2cnc(C=O)c2C1. The third-order valence-corrected chi connectivity index (χ3v) is 2.95. The number of carbonyl (C=O) groups is 1. The van der Waals surface area contributed by atoms with E-state index in [1.54, 1.807) is 6.33 Å². The molecule has 2 rings (SSSR count). The highest BCUT2D eigenvalue weighted by Gasteiger charge is 2.22. The summed E-state index contributed by atoms with van der Waals surface area (Å²) in [6.45, 7) is 0.971. The number of nitrogens with zero attached hydrogens (tertiary/aromatic N) is 3. The van der Waals surface area contributed by atoms with Gasteiger partial charge >= 0.3 is 0 Å². The molecule has 76 valence electrons. The molecule has 2 heterocycles. The Morgan fingerprint density at radius 3 is 3.07 bits per heavy atom. The summed E-state index contributed by atoms with van der Waals surface area (Å²) in [5.41, 5.74) is 1.70. The van der Waals surface area contributed by atoms with Gasteiger partial charge in [-0.1, -0.05) is 0 Å². The minimum atomic E-state index is 0.540. The Bertz CT molecular complexity index is 343. The van der Waals surface area contributed by atoms with E-state index in [-0.39, 0.29) is 0 Å². The van der Waals surface area contributed by atoms with E-state index in [0.29, 0.717) is 11.7 Å². The second-order valence-corrected chi connectivity index (χ2v) is 4.00. The van der Waals surface area contributed by atoms with Crippen LogP contribution in [-0.4, -0.2) is 40.9 Å². The maximum Gasteiger partial charge on any atom is 0.170 e. The van der Waals surface area contributed by atoms with Gasteiger partial charge in [-0.3, -0.25) is 4.79 Å². The molecular weight excluding hydrogens is 178 g/mol. The number of aryl methyl sites for hydroxylation is 1. The van der Waals surface area contributed by atoms with Crippen molar-refractivity contribution in [2.45, 2.75) is 25.4 Å². The first-order valence-electron chi connectivity index (χ1n) is 4.88. The molecule has 0 bridgehead atoms. The van der Waals surface area contributed by atoms with E-state index >= 15 is 0 Å². The van der Waals surface area contributed by atoms with Gasteiger partial charge in [0.05, 0.1) is 6.33 Å². The van der Waals surface area contributed by atoms with Crippen molar-refractivity contribution in [1.29, 1.82) is 0 Å². The number of fused-ring (bicyclic) bond motifs is 1. The Labute approximate surface area is 83.5 Å². The van der Waals surface area contributed by atoms with Crippen molar-refractivity contribution in [3.63, 3.8) is 0 Å². The number of hydrogen-bond donors (Lipinski definition) is 0. The van der Waals surface area contributed by atoms with Crippen LogP contribution >= 0.6 is 0 Å². The molecule has 0 radical (unpaired) electrons. The minimum Gasteiger partial charge on any atom is -0.334 e. The van der Waals surface area contributed by atoms with Crippen LogP contribution in [0.3, 0.4) is 0 Å². The number of hydrogen-bond acceptors (Lipinski definition) is 3. The fourth-order valence-electron chi connectivity index (χ4n) is 1.99. The molecule has 0 aromatic carbocycles. The molecule has 0 saturated carbocycles. The van der Waals surface area contributed by atoms with Crippen LogP contribution in [0.25, 0.3) is 0 Å². The molecule has 0 saturated heterocycles. The Hall–Kier alpha value is -1.16. The minimum absolute atomic E-state index is 0.540. The molecule has 0 spiro atoms. The molecule has 1 aromatic heterocycles. The monoisotopic (exact) mass is 193 g/mol. The summed E-state index contributed by atoms with van der Waals surface area (Å²) >= 11 is 0. The molecule has 1 aliphatic heterocycles. The van der Waals surface area contributed by atoms with E-state index in [9.17, 15) is 4.79 Å². The van der Waals surface area contributed by atoms with Crippen LogP contribution in [0.4, 0.5) is 0 Å². The third kappa shape index (κ3) is 1.46. The van der Waals surface area contributed by atoms with E-state index in [2.05, 4.69) is 28.5 Å². The Morgan fingerprint density at radius 2 is 2.43 bits per heavy atom. The van der Waals surface area contributed by atoms with Crippen molar-refractivity contribution < 1.29 is 4.79 Å². The van der Waals surface area contributed by atoms with Crippen LogP contribution < -0.4 is 0 Å². The van der Waals surface area contributed by atoms with Crippen molar-refractivity contribution in [3.8, 4) is 0 Å². The molecule has 1 aliphatic rings. The third-order valence-electron chi connectivity index (χ3n) is 2.95. The molecule has 4 heteroatoms. The van der Waals surface area contributed by atoms with Gasteiger partial charge in [0.1, 0.15) is 5.69 Å². The van der Waals surface area contributed by atoms with E-state index < -0.39 is 0 Å². The lowest BCUT2D eigenvalue weighted by Crippen LogP contribution is -2.35. The number of rotatable bonds is 2. The van der Waals surface area contributed by atoms with Crippen molar-refractivity contribution in [2.24, 2.45) is 0 Å². The van der Waals surface area contributed by atoms with Crippen LogP contribution in [0.15, 0.2) is 6.33 Å². The highest BCUT2D eigenvalue weighted by molar-refractivity contribution is 5.73. The van der Waals surface area contributed by atoms with Crippen molar-refractivity contribution in [1.82, 2.24) is 14.5 Å². The Morgan fingerprint density at radius 1 is 1.64 bits per heavy atom. The molecule has 14 heavy (non-hydrogen) atoms. The first-order chi connectivity index (χ1) is 6.72. The molecule has 0 fully saturated rings. The number of imidazole rings is 1. The summed E-state index contributed by atoms with van der Waals surface area (Å²) in [4.78, 5) is 17.0. The van der Waals surface area contributed by atoms with Crippen molar-refractivity contribution >= 4 is 6.29 Å². The molecule has 1 aromatic rings. The first-order valence-corrected chi connectivity index (χ1v) is 4.88. The maximum atomic E-state index is 10.7. The van der Waals surface area contributed by atoms with Crippen LogP contribution in [0, 0.1) is 0 Å². The van der Waals surface area contributed by atoms with Gasteiger partial charge in [0.2, 0.25) is 0 Å². The second kappa shape index (κ2) is 3.53. The zero-order chi connectivity index (χ0) is 10.1. The predicted molar refractivity (Wildman–Crippen MR) is 53.4 cm³/mol. The molecule has 1 unspecified atom stereocenters. The van der Waals surface area contributed by atoms with E-state index in [1.165, 1.54) is 0 Å². The topological polar surface area (TPSA) is 38.1 Å². The fraction of sp³-hybridized carbons (Fsp3) is 0.600. The molecule has 4 nitrogen and oxygen atoms in total. The lowest BCUT2D eigenvalue weighted by atomic mass is 10.0. The lowest BCUT2D eigenvalue weighted by Gasteiger charge is -2.29. The average molecular weight is 193 g/mol. The normalized spacial score (nSPS) is 20.9. The summed E-state index contributed by atoms with van der Waals surface area (Å²) in [5, 5.41) is 0. The summed E-state index contributed by atoms with van der Waals surface area (Å²) in [6, 6.07) is 0.540. The molecule has 0 N–H and O–H groups in total. The highest BCUT2D eigenvalue weighted by atomic mass is 16.1. The molecule has 0 aliphatic carbocycles. The molecular formula is C10H15N3O. The smallest absolute Gasteiger partial charge is 0.170 e. The average Bonchev–Trinajstić information content (AvgIpc) is 2.59. The van der Waals surface area contributed by atoms with Gasteiger partial charge in [0, 0.05) is 24.7 Å². The quantitative estimate of drug-likeness (QED) is 0.645. The van der Waals surface area contributed by atoms with Gasteiger partial charge < -0.3 is 9.47 Å². The number of aromatic nitrogens is 2. The van der Waals surface area contributed by atoms with Gasteiger partial charge in [-0.15, -0.1) is 0 Å². The van der Waals surface area contributed by atoms with Gasteiger partial charge in [-0.2, -0.15) is 0 Å². The zero-order valence-electron chi connectivity index (χ0n) is 8.60. The van der Waals surface area contributed by atoms with Crippen LogP contribution in [-0.2, 0) is 13.0 Å². The standard InChI is InChI=1S/C10H15N3O/c1-12(2)8-3-4-13-7-11-9(6-14)10(13)5-8/h6-8H,3-5H2,1-2H3. The van der Waals surface area contributed by atoms with Gasteiger partial charge in [0.15, 0.2) is 6.29 Å². The number of aldehydes is 1. The van der Waals surface area contributed by atoms with Crippen LogP contribution in [0.1, 0.15) is 22.6 Å². The zero-order valence-corrected chi connectivity index (χ0v) is 8.60. The Balaban J connectivity index is 2.27. The summed E-state index contributed by atoms with van der Waals surface area (Å²) in [5.74, 6) is 0. The summed E-state index contributed by atoms with van der Waals surface area (Å²) in [7, 11) is 4.16. The molecule has 1 atom stereocenters. The van der Waals surface area contributed by atoms with Crippen molar-refractivity contribution in [3.05, 3.63) is 17.7 Å². The van der Waals surface area contributed by atoms with Crippen molar-refractivity contribution in [2.75, 3.05) is 14.1 Å². The first kappa shape index (κ1) is 9.40. The van der Waals surface area contributed by atoms with E-state index in [4.69, 9.17) is 0 Å². The lowest BCUT2D eigenvalue weighted by molar-refractivity contribution is 0.111. The largest absolute Gasteiger partial charge is 0.334 e. The van der Waals surface area contributed by atoms with Gasteiger partial charge in [-0.25, -0.2) is 4.98 Å². The summed E-state index contributed by atoms with van der Waals surface area (Å²) < 4.78 is 2.09. The van der Waals surface area contributed by atoms with E-state index in [0.717, 1.165) is 31.4 Å². The van der Waals surface area contributed by atoms with Gasteiger partial charge in [0.25, 0.3) is 0 Å². The number of carbonyl (C=O) groups excluding carboxylic acids is 1. The highest BCUT2D eigenvalue weighted by Crippen LogP contribution is 2.19. The van der Waals surface area contributed by atoms with E-state index in [1.807, 2.05) is 0 Å². The Kier molecular flexibility index (Phi) is 2.37. The summed E-state index contributed by atoms with van der Waals surface area (Å²) in [6.07, 6.45) is 4.69. The van der Waals surface area contributed by atoms with Crippen LogP contribution in [0.5, 0.6) is 0 Å². The molecule has 0 amide bonds. The fourth-order valence-corrected chi connectivity index (χ4v) is 1.99.